The lowest BCUT2D eigenvalue weighted by atomic mass is 10.1. The molecule has 0 saturated carbocycles. The van der Waals surface area contributed by atoms with E-state index in [-0.39, 0.29) is 28.4 Å². The zero-order chi connectivity index (χ0) is 27.2. The highest BCUT2D eigenvalue weighted by atomic mass is 32.2. The Morgan fingerprint density at radius 2 is 1.62 bits per heavy atom. The van der Waals surface area contributed by atoms with Crippen molar-refractivity contribution in [2.45, 2.75) is 31.3 Å². The topological polar surface area (TPSA) is 96.0 Å². The molecule has 10 heteroatoms. The number of aryl methyl sites for hydroxylation is 1. The standard InChI is InChI=1S/C27H30FN3O5S/c1-19-13-15-22(16-14-19)37(34,35)31(24-11-7-8-12-25(24)36-4)18-26(32)30(20(2)27(33)29-3)17-21-9-5-6-10-23(21)28/h5-16,20H,17-18H2,1-4H3,(H,29,33)/t20-/m1/s1. The summed E-state index contributed by atoms with van der Waals surface area (Å²) >= 11 is 0. The van der Waals surface area contributed by atoms with Gasteiger partial charge in [-0.15, -0.1) is 0 Å². The predicted octanol–water partition coefficient (Wildman–Crippen LogP) is 3.50. The molecule has 3 rings (SSSR count). The van der Waals surface area contributed by atoms with Gasteiger partial charge in [-0.2, -0.15) is 0 Å². The maximum atomic E-state index is 14.5. The summed E-state index contributed by atoms with van der Waals surface area (Å²) in [5, 5.41) is 2.49. The Balaban J connectivity index is 2.08. The molecule has 0 aromatic heterocycles. The number of nitrogens with one attached hydrogen (secondary N) is 1. The minimum absolute atomic E-state index is 0.0168. The highest BCUT2D eigenvalue weighted by Crippen LogP contribution is 2.32. The molecule has 8 nitrogen and oxygen atoms in total. The van der Waals surface area contributed by atoms with Gasteiger partial charge < -0.3 is 15.0 Å². The van der Waals surface area contributed by atoms with Crippen LogP contribution in [0.1, 0.15) is 18.1 Å². The summed E-state index contributed by atoms with van der Waals surface area (Å²) in [6, 6.07) is 17.6. The van der Waals surface area contributed by atoms with Crippen molar-refractivity contribution in [3.63, 3.8) is 0 Å². The van der Waals surface area contributed by atoms with Gasteiger partial charge in [0.05, 0.1) is 17.7 Å². The Kier molecular flexibility index (Phi) is 8.88. The number of benzene rings is 3. The zero-order valence-electron chi connectivity index (χ0n) is 21.1. The number of anilines is 1. The van der Waals surface area contributed by atoms with E-state index < -0.39 is 40.2 Å². The maximum absolute atomic E-state index is 14.5. The molecule has 0 saturated heterocycles. The summed E-state index contributed by atoms with van der Waals surface area (Å²) in [6.07, 6.45) is 0. The van der Waals surface area contributed by atoms with Crippen molar-refractivity contribution in [2.75, 3.05) is 25.0 Å². The monoisotopic (exact) mass is 527 g/mol. The van der Waals surface area contributed by atoms with Crippen molar-refractivity contribution in [1.29, 1.82) is 0 Å². The molecule has 0 radical (unpaired) electrons. The van der Waals surface area contributed by atoms with Gasteiger partial charge in [-0.25, -0.2) is 12.8 Å². The largest absolute Gasteiger partial charge is 0.495 e. The molecule has 196 valence electrons. The number of ether oxygens (including phenoxy) is 1. The minimum atomic E-state index is -4.23. The second-order valence-corrected chi connectivity index (χ2v) is 10.3. The molecule has 0 bridgehead atoms. The van der Waals surface area contributed by atoms with Crippen molar-refractivity contribution in [2.24, 2.45) is 0 Å². The molecular formula is C27H30FN3O5S. The van der Waals surface area contributed by atoms with Gasteiger partial charge in [0.1, 0.15) is 24.2 Å². The summed E-state index contributed by atoms with van der Waals surface area (Å²) in [7, 11) is -1.41. The Morgan fingerprint density at radius 3 is 2.24 bits per heavy atom. The molecular weight excluding hydrogens is 497 g/mol. The summed E-state index contributed by atoms with van der Waals surface area (Å²) in [5.74, 6) is -1.47. The van der Waals surface area contributed by atoms with E-state index in [9.17, 15) is 22.4 Å². The van der Waals surface area contributed by atoms with Crippen LogP contribution in [0, 0.1) is 12.7 Å². The van der Waals surface area contributed by atoms with Gasteiger partial charge in [-0.3, -0.25) is 13.9 Å². The van der Waals surface area contributed by atoms with Crippen molar-refractivity contribution < 1.29 is 27.1 Å². The van der Waals surface area contributed by atoms with Gasteiger partial charge >= 0.3 is 0 Å². The molecule has 0 aliphatic heterocycles. The highest BCUT2D eigenvalue weighted by molar-refractivity contribution is 7.92. The highest BCUT2D eigenvalue weighted by Gasteiger charge is 2.33. The van der Waals surface area contributed by atoms with E-state index in [1.807, 2.05) is 6.92 Å². The first-order valence-corrected chi connectivity index (χ1v) is 13.0. The van der Waals surface area contributed by atoms with Gasteiger partial charge in [-0.05, 0) is 44.2 Å². The van der Waals surface area contributed by atoms with E-state index in [1.54, 1.807) is 36.4 Å². The van der Waals surface area contributed by atoms with E-state index in [0.29, 0.717) is 0 Å². The maximum Gasteiger partial charge on any atom is 0.264 e. The molecule has 0 aliphatic rings. The fourth-order valence-corrected chi connectivity index (χ4v) is 5.21. The van der Waals surface area contributed by atoms with Crippen LogP contribution in [0.3, 0.4) is 0 Å². The van der Waals surface area contributed by atoms with Crippen molar-refractivity contribution >= 4 is 27.5 Å². The third-order valence-corrected chi connectivity index (χ3v) is 7.73. The average Bonchev–Trinajstić information content (AvgIpc) is 2.90. The Labute approximate surface area is 216 Å². The van der Waals surface area contributed by atoms with Crippen LogP contribution >= 0.6 is 0 Å². The number of sulfonamides is 1. The lowest BCUT2D eigenvalue weighted by Crippen LogP contribution is -2.50. The van der Waals surface area contributed by atoms with Crippen molar-refractivity contribution in [3.8, 4) is 5.75 Å². The number of amides is 2. The summed E-state index contributed by atoms with van der Waals surface area (Å²) in [6.45, 7) is 2.45. The molecule has 0 aliphatic carbocycles. The lowest BCUT2D eigenvalue weighted by molar-refractivity contribution is -0.139. The Morgan fingerprint density at radius 1 is 1.00 bits per heavy atom. The second kappa shape index (κ2) is 11.9. The molecule has 2 amide bonds. The molecule has 0 heterocycles. The quantitative estimate of drug-likeness (QED) is 0.436. The molecule has 3 aromatic rings. The van der Waals surface area contributed by atoms with Gasteiger partial charge in [0.15, 0.2) is 0 Å². The number of methoxy groups -OCH3 is 1. The molecule has 0 unspecified atom stereocenters. The number of para-hydroxylation sites is 2. The number of nitrogens with zero attached hydrogens (tertiary/aromatic N) is 2. The van der Waals surface area contributed by atoms with Gasteiger partial charge in [0.2, 0.25) is 11.8 Å². The second-order valence-electron chi connectivity index (χ2n) is 8.40. The number of rotatable bonds is 10. The lowest BCUT2D eigenvalue weighted by Gasteiger charge is -2.32. The fourth-order valence-electron chi connectivity index (χ4n) is 3.79. The number of likely N-dealkylation sites (N-methyl/N-ethyl adjacent to an activating group) is 1. The molecule has 1 atom stereocenters. The van der Waals surface area contributed by atoms with Crippen LogP contribution in [0.2, 0.25) is 0 Å². The smallest absolute Gasteiger partial charge is 0.264 e. The molecule has 0 spiro atoms. The van der Waals surface area contributed by atoms with Crippen LogP contribution in [-0.2, 0) is 26.2 Å². The van der Waals surface area contributed by atoms with Gasteiger partial charge in [0, 0.05) is 19.2 Å². The van der Waals surface area contributed by atoms with Crippen LogP contribution in [0.4, 0.5) is 10.1 Å². The molecule has 1 N–H and O–H groups in total. The average molecular weight is 528 g/mol. The van der Waals surface area contributed by atoms with Crippen LogP contribution in [-0.4, -0.2) is 51.9 Å². The minimum Gasteiger partial charge on any atom is -0.495 e. The molecule has 37 heavy (non-hydrogen) atoms. The molecule has 0 fully saturated rings. The van der Waals surface area contributed by atoms with E-state index in [2.05, 4.69) is 5.32 Å². The van der Waals surface area contributed by atoms with Crippen molar-refractivity contribution in [1.82, 2.24) is 10.2 Å². The normalized spacial score (nSPS) is 11.9. The first-order valence-electron chi connectivity index (χ1n) is 11.6. The third-order valence-electron chi connectivity index (χ3n) is 5.95. The molecule has 3 aromatic carbocycles. The van der Waals surface area contributed by atoms with Crippen LogP contribution in [0.15, 0.2) is 77.7 Å². The Bertz CT molecular complexity index is 1360. The summed E-state index contributed by atoms with van der Waals surface area (Å²) in [5.41, 5.74) is 1.21. The van der Waals surface area contributed by atoms with Crippen molar-refractivity contribution in [3.05, 3.63) is 89.7 Å². The van der Waals surface area contributed by atoms with Gasteiger partial charge in [0.25, 0.3) is 10.0 Å². The van der Waals surface area contributed by atoms with Crippen LogP contribution < -0.4 is 14.4 Å². The van der Waals surface area contributed by atoms with Crippen LogP contribution in [0.5, 0.6) is 5.75 Å². The number of halogens is 1. The number of hydrogen-bond acceptors (Lipinski definition) is 5. The van der Waals surface area contributed by atoms with E-state index in [0.717, 1.165) is 14.8 Å². The number of carbonyl (C=O) groups excluding carboxylic acids is 2. The first-order chi connectivity index (χ1) is 17.6. The first kappa shape index (κ1) is 27.7. The van der Waals surface area contributed by atoms with Gasteiger partial charge in [-0.1, -0.05) is 48.0 Å². The van der Waals surface area contributed by atoms with E-state index >= 15 is 0 Å². The fraction of sp³-hybridized carbons (Fsp3) is 0.259. The van der Waals surface area contributed by atoms with E-state index in [4.69, 9.17) is 4.74 Å². The van der Waals surface area contributed by atoms with Crippen LogP contribution in [0.25, 0.3) is 0 Å². The van der Waals surface area contributed by atoms with E-state index in [1.165, 1.54) is 57.5 Å². The summed E-state index contributed by atoms with van der Waals surface area (Å²) in [4.78, 5) is 27.3. The SMILES string of the molecule is CNC(=O)[C@@H](C)N(Cc1ccccc1F)C(=O)CN(c1ccccc1OC)S(=O)(=O)c1ccc(C)cc1. The Hall–Kier alpha value is -3.92. The predicted molar refractivity (Wildman–Crippen MR) is 139 cm³/mol. The number of carbonyl (C=O) groups is 2. The zero-order valence-corrected chi connectivity index (χ0v) is 22.0. The third kappa shape index (κ3) is 6.26. The summed E-state index contributed by atoms with van der Waals surface area (Å²) < 4.78 is 48.4. The number of hydrogen-bond donors (Lipinski definition) is 1.